The number of amides is 1. The van der Waals surface area contributed by atoms with Crippen LogP contribution in [0.5, 0.6) is 5.75 Å². The van der Waals surface area contributed by atoms with E-state index >= 15 is 0 Å². The quantitative estimate of drug-likeness (QED) is 0.896. The summed E-state index contributed by atoms with van der Waals surface area (Å²) in [5, 5.41) is 10.2. The number of hydrogen-bond donors (Lipinski definition) is 1. The molecule has 1 amide bonds. The Morgan fingerprint density at radius 1 is 1.44 bits per heavy atom. The molecule has 1 heterocycles. The monoisotopic (exact) mass is 269 g/mol. The molecule has 1 aromatic rings. The highest BCUT2D eigenvalue weighted by molar-refractivity contribution is 6.31. The van der Waals surface area contributed by atoms with Gasteiger partial charge in [-0.3, -0.25) is 4.79 Å². The molecule has 0 aliphatic carbocycles. The SMILES string of the molecule is COC1CCN(C(=O)c2cc(Cl)ccc2O)CC1. The number of phenols is 1. The van der Waals surface area contributed by atoms with Crippen LogP contribution in [0.1, 0.15) is 23.2 Å². The third-order valence-electron chi connectivity index (χ3n) is 3.25. The Morgan fingerprint density at radius 3 is 2.72 bits per heavy atom. The molecule has 0 atom stereocenters. The average molecular weight is 270 g/mol. The van der Waals surface area contributed by atoms with E-state index in [1.165, 1.54) is 12.1 Å². The number of rotatable bonds is 2. The molecule has 1 N–H and O–H groups in total. The van der Waals surface area contributed by atoms with E-state index in [0.29, 0.717) is 18.1 Å². The Bertz CT molecular complexity index is 442. The van der Waals surface area contributed by atoms with Crippen molar-refractivity contribution in [2.24, 2.45) is 0 Å². The predicted molar refractivity (Wildman–Crippen MR) is 69.1 cm³/mol. The van der Waals surface area contributed by atoms with Crippen molar-refractivity contribution in [3.63, 3.8) is 0 Å². The van der Waals surface area contributed by atoms with E-state index in [4.69, 9.17) is 16.3 Å². The summed E-state index contributed by atoms with van der Waals surface area (Å²) in [7, 11) is 1.69. The first-order valence-electron chi connectivity index (χ1n) is 5.92. The third kappa shape index (κ3) is 2.76. The standard InChI is InChI=1S/C13H16ClNO3/c1-18-10-4-6-15(7-5-10)13(17)11-8-9(14)2-3-12(11)16/h2-3,8,10,16H,4-7H2,1H3. The summed E-state index contributed by atoms with van der Waals surface area (Å²) in [6, 6.07) is 4.50. The number of aromatic hydroxyl groups is 1. The number of benzene rings is 1. The molecule has 0 bridgehead atoms. The number of nitrogens with zero attached hydrogens (tertiary/aromatic N) is 1. The van der Waals surface area contributed by atoms with Crippen LogP contribution in [0.25, 0.3) is 0 Å². The van der Waals surface area contributed by atoms with Crippen LogP contribution in [0, 0.1) is 0 Å². The second-order valence-electron chi connectivity index (χ2n) is 4.39. The van der Waals surface area contributed by atoms with Crippen LogP contribution in [0.3, 0.4) is 0 Å². The molecule has 1 aliphatic heterocycles. The van der Waals surface area contributed by atoms with Crippen molar-refractivity contribution in [3.05, 3.63) is 28.8 Å². The van der Waals surface area contributed by atoms with Crippen LogP contribution in [0.15, 0.2) is 18.2 Å². The largest absolute Gasteiger partial charge is 0.507 e. The molecule has 0 spiro atoms. The first kappa shape index (κ1) is 13.2. The Balaban J connectivity index is 2.10. The normalized spacial score (nSPS) is 16.9. The molecule has 0 unspecified atom stereocenters. The molecule has 1 aliphatic rings. The molecule has 4 nitrogen and oxygen atoms in total. The molecular formula is C13H16ClNO3. The first-order valence-corrected chi connectivity index (χ1v) is 6.30. The lowest BCUT2D eigenvalue weighted by molar-refractivity contribution is 0.0349. The second-order valence-corrected chi connectivity index (χ2v) is 4.83. The number of likely N-dealkylation sites (tertiary alicyclic amines) is 1. The van der Waals surface area contributed by atoms with Gasteiger partial charge in [-0.25, -0.2) is 0 Å². The van der Waals surface area contributed by atoms with Gasteiger partial charge in [-0.1, -0.05) is 11.6 Å². The maximum absolute atomic E-state index is 12.2. The van der Waals surface area contributed by atoms with Crippen LogP contribution in [-0.2, 0) is 4.74 Å². The molecule has 0 radical (unpaired) electrons. The van der Waals surface area contributed by atoms with E-state index in [0.717, 1.165) is 12.8 Å². The average Bonchev–Trinajstić information content (AvgIpc) is 2.41. The van der Waals surface area contributed by atoms with Gasteiger partial charge in [0.15, 0.2) is 0 Å². The fourth-order valence-electron chi connectivity index (χ4n) is 2.14. The van der Waals surface area contributed by atoms with Crippen molar-refractivity contribution in [1.82, 2.24) is 4.90 Å². The fraction of sp³-hybridized carbons (Fsp3) is 0.462. The lowest BCUT2D eigenvalue weighted by atomic mass is 10.1. The number of phenolic OH excluding ortho intramolecular Hbond substituents is 1. The molecule has 1 saturated heterocycles. The van der Waals surface area contributed by atoms with Gasteiger partial charge in [-0.15, -0.1) is 0 Å². The minimum Gasteiger partial charge on any atom is -0.507 e. The number of carbonyl (C=O) groups excluding carboxylic acids is 1. The Labute approximate surface area is 111 Å². The number of halogens is 1. The Morgan fingerprint density at radius 2 is 2.11 bits per heavy atom. The van der Waals surface area contributed by atoms with Gasteiger partial charge in [0.25, 0.3) is 5.91 Å². The maximum atomic E-state index is 12.2. The molecular weight excluding hydrogens is 254 g/mol. The summed E-state index contributed by atoms with van der Waals surface area (Å²) in [6.07, 6.45) is 1.87. The zero-order valence-corrected chi connectivity index (χ0v) is 11.0. The van der Waals surface area contributed by atoms with Gasteiger partial charge in [-0.05, 0) is 31.0 Å². The molecule has 0 aromatic heterocycles. The first-order chi connectivity index (χ1) is 8.61. The van der Waals surface area contributed by atoms with Crippen molar-refractivity contribution in [3.8, 4) is 5.75 Å². The molecule has 5 heteroatoms. The van der Waals surface area contributed by atoms with E-state index in [9.17, 15) is 9.90 Å². The minimum atomic E-state index is -0.176. The van der Waals surface area contributed by atoms with Crippen molar-refractivity contribution in [2.45, 2.75) is 18.9 Å². The highest BCUT2D eigenvalue weighted by atomic mass is 35.5. The minimum absolute atomic E-state index is 0.0294. The van der Waals surface area contributed by atoms with Gasteiger partial charge < -0.3 is 14.7 Å². The summed E-state index contributed by atoms with van der Waals surface area (Å²) in [4.78, 5) is 14.0. The van der Waals surface area contributed by atoms with Crippen LogP contribution in [-0.4, -0.2) is 42.2 Å². The molecule has 0 saturated carbocycles. The van der Waals surface area contributed by atoms with Crippen LogP contribution in [0.4, 0.5) is 0 Å². The van der Waals surface area contributed by atoms with E-state index < -0.39 is 0 Å². The van der Waals surface area contributed by atoms with Gasteiger partial charge >= 0.3 is 0 Å². The summed E-state index contributed by atoms with van der Waals surface area (Å²) in [5.74, 6) is -0.206. The van der Waals surface area contributed by atoms with Crippen molar-refractivity contribution < 1.29 is 14.6 Å². The zero-order valence-electron chi connectivity index (χ0n) is 10.2. The Kier molecular flexibility index (Phi) is 4.09. The molecule has 18 heavy (non-hydrogen) atoms. The number of hydrogen-bond acceptors (Lipinski definition) is 3. The van der Waals surface area contributed by atoms with Gasteiger partial charge in [-0.2, -0.15) is 0 Å². The van der Waals surface area contributed by atoms with Gasteiger partial charge in [0.1, 0.15) is 5.75 Å². The lowest BCUT2D eigenvalue weighted by Gasteiger charge is -2.31. The van der Waals surface area contributed by atoms with E-state index in [-0.39, 0.29) is 23.3 Å². The predicted octanol–water partition coefficient (Wildman–Crippen LogP) is 2.30. The highest BCUT2D eigenvalue weighted by Gasteiger charge is 2.25. The van der Waals surface area contributed by atoms with Gasteiger partial charge in [0.2, 0.25) is 0 Å². The summed E-state index contributed by atoms with van der Waals surface area (Å²) in [5.41, 5.74) is 0.262. The smallest absolute Gasteiger partial charge is 0.257 e. The van der Waals surface area contributed by atoms with Crippen LogP contribution in [0.2, 0.25) is 5.02 Å². The fourth-order valence-corrected chi connectivity index (χ4v) is 2.32. The number of carbonyl (C=O) groups is 1. The topological polar surface area (TPSA) is 49.8 Å². The van der Waals surface area contributed by atoms with Crippen LogP contribution >= 0.6 is 11.6 Å². The summed E-state index contributed by atoms with van der Waals surface area (Å²) < 4.78 is 5.26. The van der Waals surface area contributed by atoms with Crippen LogP contribution < -0.4 is 0 Å². The van der Waals surface area contributed by atoms with E-state index in [1.807, 2.05) is 0 Å². The molecule has 1 fully saturated rings. The summed E-state index contributed by atoms with van der Waals surface area (Å²) in [6.45, 7) is 1.28. The molecule has 98 valence electrons. The number of piperidine rings is 1. The van der Waals surface area contributed by atoms with Crippen molar-refractivity contribution in [1.29, 1.82) is 0 Å². The van der Waals surface area contributed by atoms with Crippen molar-refractivity contribution in [2.75, 3.05) is 20.2 Å². The zero-order chi connectivity index (χ0) is 13.1. The second kappa shape index (κ2) is 5.59. The molecule has 1 aromatic carbocycles. The van der Waals surface area contributed by atoms with E-state index in [1.54, 1.807) is 18.1 Å². The number of methoxy groups -OCH3 is 1. The third-order valence-corrected chi connectivity index (χ3v) is 3.49. The summed E-state index contributed by atoms with van der Waals surface area (Å²) >= 11 is 5.84. The van der Waals surface area contributed by atoms with E-state index in [2.05, 4.69) is 0 Å². The highest BCUT2D eigenvalue weighted by Crippen LogP contribution is 2.24. The lowest BCUT2D eigenvalue weighted by Crippen LogP contribution is -2.40. The van der Waals surface area contributed by atoms with Crippen molar-refractivity contribution >= 4 is 17.5 Å². The molecule has 2 rings (SSSR count). The van der Waals surface area contributed by atoms with Gasteiger partial charge in [0.05, 0.1) is 11.7 Å². The Hall–Kier alpha value is -1.26. The number of ether oxygens (including phenoxy) is 1. The maximum Gasteiger partial charge on any atom is 0.257 e. The van der Waals surface area contributed by atoms with Gasteiger partial charge in [0, 0.05) is 25.2 Å².